The lowest BCUT2D eigenvalue weighted by atomic mass is 10.3. The minimum atomic E-state index is -3.75. The number of aryl methyl sites for hydroxylation is 1. The molecule has 0 radical (unpaired) electrons. The van der Waals surface area contributed by atoms with E-state index in [9.17, 15) is 8.42 Å². The molecule has 6 nitrogen and oxygen atoms in total. The molecule has 0 spiro atoms. The number of nitrogens with one attached hydrogen (secondary N) is 1. The van der Waals surface area contributed by atoms with Crippen LogP contribution >= 0.6 is 15.9 Å². The van der Waals surface area contributed by atoms with Crippen LogP contribution in [0.25, 0.3) is 0 Å². The summed E-state index contributed by atoms with van der Waals surface area (Å²) in [6, 6.07) is 8.21. The first-order valence-electron chi connectivity index (χ1n) is 5.84. The fourth-order valence-corrected chi connectivity index (χ4v) is 4.12. The molecule has 0 saturated carbocycles. The second-order valence-corrected chi connectivity index (χ2v) is 7.25. The van der Waals surface area contributed by atoms with E-state index in [1.807, 2.05) is 0 Å². The highest BCUT2D eigenvalue weighted by molar-refractivity contribution is 9.10. The molecule has 0 aliphatic carbocycles. The smallest absolute Gasteiger partial charge is 0.264 e. The normalized spacial score (nSPS) is 12.9. The Morgan fingerprint density at radius 2 is 2.00 bits per heavy atom. The predicted molar refractivity (Wildman–Crippen MR) is 85.5 cm³/mol. The standard InChI is InChI=1S/C12H9BrN4O2S2/c1-7-8(5-6-11(13)14-7)17-21(18,19)10-4-2-3-9-12(10)16-20-15-9/h2-6,17H,1H3. The van der Waals surface area contributed by atoms with Gasteiger partial charge < -0.3 is 0 Å². The Balaban J connectivity index is 2.03. The maximum Gasteiger partial charge on any atom is 0.264 e. The van der Waals surface area contributed by atoms with Crippen molar-refractivity contribution in [3.8, 4) is 0 Å². The molecule has 0 fully saturated rings. The van der Waals surface area contributed by atoms with E-state index >= 15 is 0 Å². The van der Waals surface area contributed by atoms with E-state index in [1.165, 1.54) is 6.07 Å². The zero-order chi connectivity index (χ0) is 15.0. The molecule has 2 aromatic rings. The molecule has 1 aliphatic rings. The third-order valence-corrected chi connectivity index (χ3v) is 5.22. The number of anilines is 1. The van der Waals surface area contributed by atoms with Crippen molar-refractivity contribution in [1.29, 1.82) is 0 Å². The number of rotatable bonds is 3. The minimum absolute atomic E-state index is 0.107. The first-order chi connectivity index (χ1) is 9.97. The van der Waals surface area contributed by atoms with Crippen molar-refractivity contribution in [2.45, 2.75) is 11.8 Å². The van der Waals surface area contributed by atoms with Gasteiger partial charge in [0.25, 0.3) is 10.0 Å². The fraction of sp³-hybridized carbons (Fsp3) is 0.0833. The van der Waals surface area contributed by atoms with Gasteiger partial charge >= 0.3 is 0 Å². The molecule has 2 heterocycles. The number of hydrogen-bond acceptors (Lipinski definition) is 5. The highest BCUT2D eigenvalue weighted by Crippen LogP contribution is 2.38. The largest absolute Gasteiger partial charge is 0.278 e. The van der Waals surface area contributed by atoms with E-state index in [-0.39, 0.29) is 4.90 Å². The highest BCUT2D eigenvalue weighted by Gasteiger charge is 2.23. The van der Waals surface area contributed by atoms with E-state index < -0.39 is 10.0 Å². The maximum atomic E-state index is 12.5. The molecule has 1 aromatic heterocycles. The molecule has 0 saturated heterocycles. The van der Waals surface area contributed by atoms with E-state index in [1.54, 1.807) is 31.2 Å². The Hall–Kier alpha value is -1.58. The molecular weight excluding hydrogens is 376 g/mol. The van der Waals surface area contributed by atoms with Gasteiger partial charge in [0.1, 0.15) is 20.9 Å². The SMILES string of the molecule is Cc1nc(Br)ccc1NS(=O)(=O)c1cccc2c1N=S=N2. The van der Waals surface area contributed by atoms with Gasteiger partial charge in [0.05, 0.1) is 22.7 Å². The molecule has 0 bridgehead atoms. The molecule has 1 aromatic carbocycles. The lowest BCUT2D eigenvalue weighted by molar-refractivity contribution is 0.601. The van der Waals surface area contributed by atoms with Crippen LogP contribution in [0, 0.1) is 6.92 Å². The summed E-state index contributed by atoms with van der Waals surface area (Å²) in [5.74, 6) is 0. The quantitative estimate of drug-likeness (QED) is 0.698. The first kappa shape index (κ1) is 14.4. The second kappa shape index (κ2) is 5.32. The lowest BCUT2D eigenvalue weighted by Gasteiger charge is -2.11. The fourth-order valence-electron chi connectivity index (χ4n) is 1.84. The summed E-state index contributed by atoms with van der Waals surface area (Å²) in [5.41, 5.74) is 1.95. The van der Waals surface area contributed by atoms with Crippen LogP contribution in [0.15, 0.2) is 48.6 Å². The maximum absolute atomic E-state index is 12.5. The summed E-state index contributed by atoms with van der Waals surface area (Å²) in [6.07, 6.45) is 0. The molecule has 108 valence electrons. The number of pyridine rings is 1. The Kier molecular flexibility index (Phi) is 3.64. The van der Waals surface area contributed by atoms with Crippen LogP contribution in [0.3, 0.4) is 0 Å². The van der Waals surface area contributed by atoms with Crippen LogP contribution in [0.5, 0.6) is 0 Å². The lowest BCUT2D eigenvalue weighted by Crippen LogP contribution is -2.14. The first-order valence-corrected chi connectivity index (χ1v) is 8.85. The van der Waals surface area contributed by atoms with Crippen LogP contribution in [0.1, 0.15) is 5.69 Å². The van der Waals surface area contributed by atoms with Gasteiger partial charge in [0.15, 0.2) is 0 Å². The molecular formula is C12H9BrN4O2S2. The van der Waals surface area contributed by atoms with E-state index in [0.717, 1.165) is 11.4 Å². The summed E-state index contributed by atoms with van der Waals surface area (Å²) in [5, 5.41) is 0. The average molecular weight is 385 g/mol. The molecule has 0 amide bonds. The van der Waals surface area contributed by atoms with Gasteiger partial charge in [-0.05, 0) is 47.1 Å². The zero-order valence-corrected chi connectivity index (χ0v) is 14.0. The van der Waals surface area contributed by atoms with Crippen molar-refractivity contribution in [2.24, 2.45) is 8.73 Å². The monoisotopic (exact) mass is 384 g/mol. The predicted octanol–water partition coefficient (Wildman–Crippen LogP) is 3.68. The van der Waals surface area contributed by atoms with E-state index in [4.69, 9.17) is 0 Å². The molecule has 0 atom stereocenters. The number of fused-ring (bicyclic) bond motifs is 1. The summed E-state index contributed by atoms with van der Waals surface area (Å²) in [6.45, 7) is 1.73. The van der Waals surface area contributed by atoms with Gasteiger partial charge in [0, 0.05) is 0 Å². The van der Waals surface area contributed by atoms with Gasteiger partial charge in [0.2, 0.25) is 0 Å². The number of nitrogens with zero attached hydrogens (tertiary/aromatic N) is 3. The minimum Gasteiger partial charge on any atom is -0.278 e. The van der Waals surface area contributed by atoms with Crippen molar-refractivity contribution in [1.82, 2.24) is 4.98 Å². The number of sulfonamides is 1. The van der Waals surface area contributed by atoms with Crippen molar-refractivity contribution >= 4 is 54.4 Å². The van der Waals surface area contributed by atoms with Crippen molar-refractivity contribution in [2.75, 3.05) is 4.72 Å². The highest BCUT2D eigenvalue weighted by atomic mass is 79.9. The van der Waals surface area contributed by atoms with Gasteiger partial charge in [-0.3, -0.25) is 4.72 Å². The van der Waals surface area contributed by atoms with Crippen molar-refractivity contribution < 1.29 is 8.42 Å². The third kappa shape index (κ3) is 2.76. The van der Waals surface area contributed by atoms with Crippen LogP contribution in [-0.4, -0.2) is 13.4 Å². The van der Waals surface area contributed by atoms with Crippen LogP contribution in [-0.2, 0) is 21.4 Å². The summed E-state index contributed by atoms with van der Waals surface area (Å²) >= 11 is 4.23. The number of hydrogen-bond donors (Lipinski definition) is 1. The van der Waals surface area contributed by atoms with Crippen LogP contribution < -0.4 is 4.72 Å². The Labute approximate surface area is 133 Å². The average Bonchev–Trinajstić information content (AvgIpc) is 2.90. The molecule has 0 unspecified atom stereocenters. The molecule has 3 rings (SSSR count). The topological polar surface area (TPSA) is 83.8 Å². The van der Waals surface area contributed by atoms with E-state index in [0.29, 0.717) is 27.4 Å². The van der Waals surface area contributed by atoms with Crippen LogP contribution in [0.2, 0.25) is 0 Å². The summed E-state index contributed by atoms with van der Waals surface area (Å²) in [4.78, 5) is 4.28. The second-order valence-electron chi connectivity index (χ2n) is 4.26. The van der Waals surface area contributed by atoms with Gasteiger partial charge in [-0.2, -0.15) is 8.73 Å². The molecule has 9 heteroatoms. The summed E-state index contributed by atoms with van der Waals surface area (Å²) in [7, 11) is -3.75. The Bertz CT molecular complexity index is 905. The van der Waals surface area contributed by atoms with E-state index in [2.05, 4.69) is 34.4 Å². The van der Waals surface area contributed by atoms with Crippen LogP contribution in [0.4, 0.5) is 17.1 Å². The van der Waals surface area contributed by atoms with Crippen molar-refractivity contribution in [3.05, 3.63) is 40.6 Å². The van der Waals surface area contributed by atoms with Gasteiger partial charge in [-0.1, -0.05) is 6.07 Å². The summed E-state index contributed by atoms with van der Waals surface area (Å²) < 4.78 is 36.4. The third-order valence-electron chi connectivity index (χ3n) is 2.83. The number of halogens is 1. The molecule has 1 N–H and O–H groups in total. The zero-order valence-electron chi connectivity index (χ0n) is 10.7. The molecule has 1 aliphatic heterocycles. The Morgan fingerprint density at radius 1 is 1.19 bits per heavy atom. The molecule has 21 heavy (non-hydrogen) atoms. The van der Waals surface area contributed by atoms with Crippen molar-refractivity contribution in [3.63, 3.8) is 0 Å². The Morgan fingerprint density at radius 3 is 2.76 bits per heavy atom. The number of benzene rings is 1. The van der Waals surface area contributed by atoms with Gasteiger partial charge in [-0.15, -0.1) is 0 Å². The van der Waals surface area contributed by atoms with Gasteiger partial charge in [-0.25, -0.2) is 13.4 Å². The number of aromatic nitrogens is 1.